The minimum absolute atomic E-state index is 0.0389. The maximum atomic E-state index is 12.7. The number of benzene rings is 2. The van der Waals surface area contributed by atoms with E-state index in [1.54, 1.807) is 0 Å². The van der Waals surface area contributed by atoms with Gasteiger partial charge in [0.15, 0.2) is 6.29 Å². The molecule has 1 saturated carbocycles. The predicted molar refractivity (Wildman–Crippen MR) is 124 cm³/mol. The van der Waals surface area contributed by atoms with E-state index in [1.165, 1.54) is 0 Å². The molecule has 33 heavy (non-hydrogen) atoms. The molecule has 0 spiro atoms. The standard InChI is InChI=1S/C28H34O5/c1-28(23-14-8-9-15-24(23)29)16-22-26(31-18-21-12-6-3-7-13-21)25(32-27(22)33-28)19-30-17-20-10-4-2-5-11-20/h2-7,10-13,22-23,25-27H,8-9,14-19H2,1H3/t22-,23?,25+,26+,27-,28+/m0/s1. The topological polar surface area (TPSA) is 54.0 Å². The van der Waals surface area contributed by atoms with Crippen LogP contribution in [0.1, 0.15) is 50.2 Å². The molecule has 2 aromatic rings. The van der Waals surface area contributed by atoms with Gasteiger partial charge >= 0.3 is 0 Å². The van der Waals surface area contributed by atoms with Crippen molar-refractivity contribution in [3.8, 4) is 0 Å². The van der Waals surface area contributed by atoms with E-state index in [2.05, 4.69) is 31.2 Å². The Morgan fingerprint density at radius 2 is 1.67 bits per heavy atom. The summed E-state index contributed by atoms with van der Waals surface area (Å²) < 4.78 is 25.3. The van der Waals surface area contributed by atoms with Crippen molar-refractivity contribution in [2.45, 2.75) is 76.3 Å². The van der Waals surface area contributed by atoms with Crippen LogP contribution in [0.2, 0.25) is 0 Å². The Hall–Kier alpha value is -2.05. The second-order valence-electron chi connectivity index (χ2n) is 9.87. The molecular weight excluding hydrogens is 416 g/mol. The highest BCUT2D eigenvalue weighted by Crippen LogP contribution is 2.50. The summed E-state index contributed by atoms with van der Waals surface area (Å²) >= 11 is 0. The van der Waals surface area contributed by atoms with Gasteiger partial charge in [0.1, 0.15) is 11.9 Å². The lowest BCUT2D eigenvalue weighted by atomic mass is 9.74. The van der Waals surface area contributed by atoms with Crippen molar-refractivity contribution in [3.63, 3.8) is 0 Å². The molecule has 2 heterocycles. The maximum absolute atomic E-state index is 12.7. The van der Waals surface area contributed by atoms with Crippen LogP contribution in [0.3, 0.4) is 0 Å². The van der Waals surface area contributed by atoms with Crippen molar-refractivity contribution in [2.24, 2.45) is 11.8 Å². The van der Waals surface area contributed by atoms with E-state index in [0.29, 0.717) is 32.0 Å². The second-order valence-corrected chi connectivity index (χ2v) is 9.87. The summed E-state index contributed by atoms with van der Waals surface area (Å²) in [5.74, 6) is 0.398. The van der Waals surface area contributed by atoms with Crippen LogP contribution in [0.5, 0.6) is 0 Å². The van der Waals surface area contributed by atoms with Gasteiger partial charge in [-0.15, -0.1) is 0 Å². The molecular formula is C28H34O5. The van der Waals surface area contributed by atoms with E-state index in [9.17, 15) is 4.79 Å². The van der Waals surface area contributed by atoms with E-state index in [1.807, 2.05) is 36.4 Å². The Balaban J connectivity index is 1.26. The number of fused-ring (bicyclic) bond motifs is 1. The Labute approximate surface area is 196 Å². The number of hydrogen-bond donors (Lipinski definition) is 0. The first kappa shape index (κ1) is 22.7. The quantitative estimate of drug-likeness (QED) is 0.562. The fourth-order valence-electron chi connectivity index (χ4n) is 5.74. The number of hydrogen-bond acceptors (Lipinski definition) is 5. The number of ketones is 1. The zero-order valence-electron chi connectivity index (χ0n) is 19.4. The molecule has 2 saturated heterocycles. The minimum Gasteiger partial charge on any atom is -0.374 e. The molecule has 0 radical (unpaired) electrons. The van der Waals surface area contributed by atoms with Crippen LogP contribution in [0, 0.1) is 11.8 Å². The average Bonchev–Trinajstić information content (AvgIpc) is 3.32. The smallest absolute Gasteiger partial charge is 0.164 e. The Morgan fingerprint density at radius 1 is 0.970 bits per heavy atom. The zero-order chi connectivity index (χ0) is 22.7. The van der Waals surface area contributed by atoms with Gasteiger partial charge in [0.2, 0.25) is 0 Å². The molecule has 5 rings (SSSR count). The molecule has 1 unspecified atom stereocenters. The van der Waals surface area contributed by atoms with Crippen LogP contribution in [-0.2, 0) is 37.0 Å². The summed E-state index contributed by atoms with van der Waals surface area (Å²) in [6.07, 6.45) is 3.77. The van der Waals surface area contributed by atoms with Gasteiger partial charge in [-0.1, -0.05) is 67.1 Å². The first-order valence-corrected chi connectivity index (χ1v) is 12.3. The van der Waals surface area contributed by atoms with Gasteiger partial charge in [0.05, 0.1) is 31.5 Å². The van der Waals surface area contributed by atoms with Crippen molar-refractivity contribution in [2.75, 3.05) is 6.61 Å². The van der Waals surface area contributed by atoms with Crippen LogP contribution in [0.15, 0.2) is 60.7 Å². The summed E-state index contributed by atoms with van der Waals surface area (Å²) in [7, 11) is 0. The SMILES string of the molecule is C[C@]1(C2CCCCC2=O)C[C@@H]2[C@@H](O[C@H](COCc3ccccc3)[C@@H]2OCc2ccccc2)O1. The van der Waals surface area contributed by atoms with Gasteiger partial charge in [0, 0.05) is 18.3 Å². The fraction of sp³-hybridized carbons (Fsp3) is 0.536. The first-order chi connectivity index (χ1) is 16.1. The molecule has 6 atom stereocenters. The molecule has 0 amide bonds. The molecule has 1 aliphatic carbocycles. The Kier molecular flexibility index (Phi) is 6.93. The fourth-order valence-corrected chi connectivity index (χ4v) is 5.74. The van der Waals surface area contributed by atoms with Crippen molar-refractivity contribution in [1.29, 1.82) is 0 Å². The molecule has 0 aromatic heterocycles. The van der Waals surface area contributed by atoms with E-state index in [-0.39, 0.29) is 30.3 Å². The van der Waals surface area contributed by atoms with Gasteiger partial charge in [-0.2, -0.15) is 0 Å². The summed E-state index contributed by atoms with van der Waals surface area (Å²) in [5, 5.41) is 0. The molecule has 3 aliphatic rings. The highest BCUT2D eigenvalue weighted by molar-refractivity contribution is 5.82. The maximum Gasteiger partial charge on any atom is 0.164 e. The molecule has 3 fully saturated rings. The lowest BCUT2D eigenvalue weighted by Gasteiger charge is -2.36. The minimum atomic E-state index is -0.475. The Morgan fingerprint density at radius 3 is 2.36 bits per heavy atom. The zero-order valence-corrected chi connectivity index (χ0v) is 19.4. The number of Topliss-reactive ketones (excluding diaryl/α,β-unsaturated/α-hetero) is 1. The van der Waals surface area contributed by atoms with Crippen LogP contribution in [0.25, 0.3) is 0 Å². The van der Waals surface area contributed by atoms with Crippen LogP contribution in [-0.4, -0.2) is 36.5 Å². The van der Waals surface area contributed by atoms with Crippen molar-refractivity contribution >= 4 is 5.78 Å². The van der Waals surface area contributed by atoms with Gasteiger partial charge in [0.25, 0.3) is 0 Å². The van der Waals surface area contributed by atoms with Gasteiger partial charge in [-0.3, -0.25) is 4.79 Å². The third-order valence-corrected chi connectivity index (χ3v) is 7.44. The molecule has 5 nitrogen and oxygen atoms in total. The van der Waals surface area contributed by atoms with Crippen LogP contribution >= 0.6 is 0 Å². The lowest BCUT2D eigenvalue weighted by Crippen LogP contribution is -2.43. The first-order valence-electron chi connectivity index (χ1n) is 12.3. The Bertz CT molecular complexity index is 916. The summed E-state index contributed by atoms with van der Waals surface area (Å²) in [6, 6.07) is 20.4. The summed E-state index contributed by atoms with van der Waals surface area (Å²) in [5.41, 5.74) is 1.79. The largest absolute Gasteiger partial charge is 0.374 e. The van der Waals surface area contributed by atoms with E-state index in [4.69, 9.17) is 18.9 Å². The predicted octanol–water partition coefficient (Wildman–Crippen LogP) is 5.07. The molecule has 0 N–H and O–H groups in total. The van der Waals surface area contributed by atoms with Crippen LogP contribution in [0.4, 0.5) is 0 Å². The average molecular weight is 451 g/mol. The molecule has 2 aromatic carbocycles. The van der Waals surface area contributed by atoms with Gasteiger partial charge in [-0.25, -0.2) is 0 Å². The third kappa shape index (κ3) is 5.07. The van der Waals surface area contributed by atoms with E-state index >= 15 is 0 Å². The molecule has 0 bridgehead atoms. The van der Waals surface area contributed by atoms with Crippen molar-refractivity contribution in [1.82, 2.24) is 0 Å². The summed E-state index contributed by atoms with van der Waals surface area (Å²) in [6.45, 7) is 3.60. The highest BCUT2D eigenvalue weighted by Gasteiger charge is 2.58. The normalized spacial score (nSPS) is 33.8. The monoisotopic (exact) mass is 450 g/mol. The van der Waals surface area contributed by atoms with Crippen molar-refractivity contribution in [3.05, 3.63) is 71.8 Å². The van der Waals surface area contributed by atoms with Crippen LogP contribution < -0.4 is 0 Å². The van der Waals surface area contributed by atoms with Gasteiger partial charge < -0.3 is 18.9 Å². The summed E-state index contributed by atoms with van der Waals surface area (Å²) in [4.78, 5) is 12.7. The van der Waals surface area contributed by atoms with Crippen molar-refractivity contribution < 1.29 is 23.7 Å². The number of carbonyl (C=O) groups excluding carboxylic acids is 1. The number of rotatable bonds is 8. The third-order valence-electron chi connectivity index (χ3n) is 7.44. The van der Waals surface area contributed by atoms with E-state index in [0.717, 1.165) is 36.8 Å². The number of ether oxygens (including phenoxy) is 4. The second kappa shape index (κ2) is 10.1. The molecule has 2 aliphatic heterocycles. The van der Waals surface area contributed by atoms with Gasteiger partial charge in [-0.05, 0) is 37.3 Å². The number of carbonyl (C=O) groups is 1. The molecule has 176 valence electrons. The lowest BCUT2D eigenvalue weighted by molar-refractivity contribution is -0.196. The van der Waals surface area contributed by atoms with E-state index < -0.39 is 5.60 Å². The highest BCUT2D eigenvalue weighted by atomic mass is 16.7. The molecule has 5 heteroatoms.